The van der Waals surface area contributed by atoms with E-state index in [1.165, 1.54) is 5.56 Å². The van der Waals surface area contributed by atoms with Gasteiger partial charge in [0, 0.05) is 18.7 Å². The molecule has 1 amide bonds. The Kier molecular flexibility index (Phi) is 7.95. The zero-order chi connectivity index (χ0) is 17.9. The van der Waals surface area contributed by atoms with E-state index in [1.807, 2.05) is 61.5 Å². The minimum atomic E-state index is -0.549. The van der Waals surface area contributed by atoms with Crippen molar-refractivity contribution >= 4 is 11.6 Å². The molecule has 0 spiro atoms. The summed E-state index contributed by atoms with van der Waals surface area (Å²) in [5.41, 5.74) is 1.99. The fourth-order valence-corrected chi connectivity index (χ4v) is 2.27. The number of benzene rings is 2. The first-order valence-electron chi connectivity index (χ1n) is 8.62. The smallest absolute Gasteiger partial charge is 0.224 e. The first-order valence-corrected chi connectivity index (χ1v) is 8.62. The lowest BCUT2D eigenvalue weighted by atomic mass is 10.1. The van der Waals surface area contributed by atoms with Gasteiger partial charge in [-0.1, -0.05) is 37.3 Å². The second-order valence-corrected chi connectivity index (χ2v) is 5.83. The maximum absolute atomic E-state index is 11.3. The van der Waals surface area contributed by atoms with E-state index in [2.05, 4.69) is 10.6 Å². The number of carbonyl (C=O) groups excluding carboxylic acids is 1. The Morgan fingerprint density at radius 1 is 1.12 bits per heavy atom. The molecule has 5 nitrogen and oxygen atoms in total. The van der Waals surface area contributed by atoms with E-state index >= 15 is 0 Å². The number of rotatable bonds is 10. The summed E-state index contributed by atoms with van der Waals surface area (Å²) in [5, 5.41) is 16.0. The molecular weight excluding hydrogens is 316 g/mol. The van der Waals surface area contributed by atoms with Crippen LogP contribution < -0.4 is 15.4 Å². The Hall–Kier alpha value is -2.37. The van der Waals surface area contributed by atoms with E-state index in [4.69, 9.17) is 4.74 Å². The summed E-state index contributed by atoms with van der Waals surface area (Å²) >= 11 is 0. The lowest BCUT2D eigenvalue weighted by molar-refractivity contribution is -0.115. The van der Waals surface area contributed by atoms with Gasteiger partial charge in [-0.15, -0.1) is 0 Å². The van der Waals surface area contributed by atoms with Crippen molar-refractivity contribution < 1.29 is 14.6 Å². The number of amides is 1. The minimum Gasteiger partial charge on any atom is -0.491 e. The molecule has 0 aliphatic heterocycles. The van der Waals surface area contributed by atoms with Crippen LogP contribution in [0.15, 0.2) is 54.6 Å². The van der Waals surface area contributed by atoms with Crippen LogP contribution in [-0.2, 0) is 11.2 Å². The quantitative estimate of drug-likeness (QED) is 0.581. The SMILES string of the molecule is CCC(=O)Nc1ccc(CCNC[C@H](O)COc2ccccc2)cc1. The van der Waals surface area contributed by atoms with Gasteiger partial charge in [-0.25, -0.2) is 0 Å². The van der Waals surface area contributed by atoms with Crippen LogP contribution in [0.4, 0.5) is 5.69 Å². The lowest BCUT2D eigenvalue weighted by Gasteiger charge is -2.13. The highest BCUT2D eigenvalue weighted by atomic mass is 16.5. The summed E-state index contributed by atoms with van der Waals surface area (Å²) in [5.74, 6) is 0.776. The number of aliphatic hydroxyl groups excluding tert-OH is 1. The molecule has 0 bridgehead atoms. The number of aliphatic hydroxyl groups is 1. The van der Waals surface area contributed by atoms with Gasteiger partial charge >= 0.3 is 0 Å². The van der Waals surface area contributed by atoms with Gasteiger partial charge in [0.05, 0.1) is 0 Å². The monoisotopic (exact) mass is 342 g/mol. The molecule has 5 heteroatoms. The zero-order valence-corrected chi connectivity index (χ0v) is 14.6. The molecule has 1 atom stereocenters. The van der Waals surface area contributed by atoms with Crippen LogP contribution in [0.5, 0.6) is 5.75 Å². The number of ether oxygens (including phenoxy) is 1. The predicted octanol–water partition coefficient (Wildman–Crippen LogP) is 2.61. The summed E-state index contributed by atoms with van der Waals surface area (Å²) in [7, 11) is 0. The second kappa shape index (κ2) is 10.5. The largest absolute Gasteiger partial charge is 0.491 e. The summed E-state index contributed by atoms with van der Waals surface area (Å²) in [6.45, 7) is 3.35. The van der Waals surface area contributed by atoms with Crippen molar-refractivity contribution in [1.82, 2.24) is 5.32 Å². The molecule has 0 saturated heterocycles. The van der Waals surface area contributed by atoms with Crippen LogP contribution in [-0.4, -0.2) is 36.8 Å². The van der Waals surface area contributed by atoms with E-state index in [-0.39, 0.29) is 12.5 Å². The van der Waals surface area contributed by atoms with Crippen LogP contribution in [0.25, 0.3) is 0 Å². The number of hydrogen-bond acceptors (Lipinski definition) is 4. The molecule has 2 rings (SSSR count). The van der Waals surface area contributed by atoms with Gasteiger partial charge in [-0.3, -0.25) is 4.79 Å². The normalized spacial score (nSPS) is 11.8. The number of anilines is 1. The number of hydrogen-bond donors (Lipinski definition) is 3. The van der Waals surface area contributed by atoms with Gasteiger partial charge < -0.3 is 20.5 Å². The van der Waals surface area contributed by atoms with E-state index in [0.717, 1.165) is 24.4 Å². The Bertz CT molecular complexity index is 629. The fraction of sp³-hybridized carbons (Fsp3) is 0.350. The van der Waals surface area contributed by atoms with E-state index in [1.54, 1.807) is 0 Å². The summed E-state index contributed by atoms with van der Waals surface area (Å²) in [6, 6.07) is 17.3. The molecule has 3 N–H and O–H groups in total. The van der Waals surface area contributed by atoms with Crippen molar-refractivity contribution in [3.05, 3.63) is 60.2 Å². The number of para-hydroxylation sites is 1. The fourth-order valence-electron chi connectivity index (χ4n) is 2.27. The predicted molar refractivity (Wildman–Crippen MR) is 99.9 cm³/mol. The molecule has 0 saturated carbocycles. The molecule has 0 aliphatic carbocycles. The van der Waals surface area contributed by atoms with Gasteiger partial charge in [0.15, 0.2) is 0 Å². The maximum Gasteiger partial charge on any atom is 0.224 e. The first kappa shape index (κ1) is 19.0. The van der Waals surface area contributed by atoms with E-state index in [0.29, 0.717) is 13.0 Å². The first-order chi connectivity index (χ1) is 12.2. The van der Waals surface area contributed by atoms with Gasteiger partial charge in [0.25, 0.3) is 0 Å². The lowest BCUT2D eigenvalue weighted by Crippen LogP contribution is -2.32. The Morgan fingerprint density at radius 2 is 1.84 bits per heavy atom. The summed E-state index contributed by atoms with van der Waals surface area (Å²) in [4.78, 5) is 11.3. The molecule has 0 heterocycles. The zero-order valence-electron chi connectivity index (χ0n) is 14.6. The van der Waals surface area contributed by atoms with Crippen molar-refractivity contribution in [2.24, 2.45) is 0 Å². The van der Waals surface area contributed by atoms with Gasteiger partial charge in [-0.05, 0) is 42.8 Å². The summed E-state index contributed by atoms with van der Waals surface area (Å²) < 4.78 is 5.51. The third-order valence-electron chi connectivity index (χ3n) is 3.71. The van der Waals surface area contributed by atoms with Crippen molar-refractivity contribution in [3.63, 3.8) is 0 Å². The molecule has 2 aromatic rings. The molecule has 0 unspecified atom stereocenters. The van der Waals surface area contributed by atoms with Crippen molar-refractivity contribution in [2.45, 2.75) is 25.9 Å². The van der Waals surface area contributed by atoms with Gasteiger partial charge in [0.1, 0.15) is 18.5 Å². The van der Waals surface area contributed by atoms with Crippen molar-refractivity contribution in [1.29, 1.82) is 0 Å². The van der Waals surface area contributed by atoms with Gasteiger partial charge in [0.2, 0.25) is 5.91 Å². The van der Waals surface area contributed by atoms with E-state index in [9.17, 15) is 9.90 Å². The third kappa shape index (κ3) is 7.37. The molecule has 0 aliphatic rings. The molecule has 25 heavy (non-hydrogen) atoms. The summed E-state index contributed by atoms with van der Waals surface area (Å²) in [6.07, 6.45) is 0.780. The molecule has 0 fully saturated rings. The minimum absolute atomic E-state index is 0.0149. The highest BCUT2D eigenvalue weighted by molar-refractivity contribution is 5.90. The molecule has 0 aromatic heterocycles. The average molecular weight is 342 g/mol. The highest BCUT2D eigenvalue weighted by Gasteiger charge is 2.05. The van der Waals surface area contributed by atoms with Crippen LogP contribution >= 0.6 is 0 Å². The second-order valence-electron chi connectivity index (χ2n) is 5.83. The van der Waals surface area contributed by atoms with Crippen LogP contribution in [0.3, 0.4) is 0 Å². The average Bonchev–Trinajstić information content (AvgIpc) is 2.65. The van der Waals surface area contributed by atoms with E-state index < -0.39 is 6.10 Å². The molecule has 2 aromatic carbocycles. The Labute approximate surface area is 149 Å². The van der Waals surface area contributed by atoms with Crippen LogP contribution in [0, 0.1) is 0 Å². The van der Waals surface area contributed by atoms with Crippen molar-refractivity contribution in [3.8, 4) is 5.75 Å². The molecule has 0 radical (unpaired) electrons. The van der Waals surface area contributed by atoms with Gasteiger partial charge in [-0.2, -0.15) is 0 Å². The molecular formula is C20H26N2O3. The highest BCUT2D eigenvalue weighted by Crippen LogP contribution is 2.10. The third-order valence-corrected chi connectivity index (χ3v) is 3.71. The standard InChI is InChI=1S/C20H26N2O3/c1-2-20(24)22-17-10-8-16(9-11-17)12-13-21-14-18(23)15-25-19-6-4-3-5-7-19/h3-11,18,21,23H,2,12-15H2,1H3,(H,22,24)/t18-/m0/s1. The number of nitrogens with one attached hydrogen (secondary N) is 2. The van der Waals surface area contributed by atoms with Crippen LogP contribution in [0.2, 0.25) is 0 Å². The Morgan fingerprint density at radius 3 is 2.52 bits per heavy atom. The van der Waals surface area contributed by atoms with Crippen molar-refractivity contribution in [2.75, 3.05) is 25.0 Å². The topological polar surface area (TPSA) is 70.6 Å². The number of carbonyl (C=O) groups is 1. The molecule has 134 valence electrons. The maximum atomic E-state index is 11.3. The van der Waals surface area contributed by atoms with Crippen LogP contribution in [0.1, 0.15) is 18.9 Å². The Balaban J connectivity index is 1.61.